The monoisotopic (exact) mass is 992 g/mol. The zero-order valence-corrected chi connectivity index (χ0v) is 40.5. The Bertz CT molecular complexity index is 2650. The fourth-order valence-corrected chi connectivity index (χ4v) is 7.83. The minimum Gasteiger partial charge on any atom is -0.488 e. The molecule has 0 spiro atoms. The maximum absolute atomic E-state index is 11.6. The number of nitrogens with zero attached hydrogens (tertiary/aromatic N) is 4. The number of hydrogen-bond donors (Lipinski definition) is 6. The summed E-state index contributed by atoms with van der Waals surface area (Å²) in [6, 6.07) is 20.0. The zero-order valence-electron chi connectivity index (χ0n) is 39.0. The molecule has 2 atom stereocenters. The fourth-order valence-electron chi connectivity index (χ4n) is 7.35. The van der Waals surface area contributed by atoms with Gasteiger partial charge in [-0.2, -0.15) is 0 Å². The molecule has 0 aliphatic heterocycles. The smallest absolute Gasteiger partial charge is 0.323 e. The van der Waals surface area contributed by atoms with Gasteiger partial charge in [0.1, 0.15) is 61.5 Å². The van der Waals surface area contributed by atoms with Crippen LogP contribution in [0.1, 0.15) is 55.6 Å². The summed E-state index contributed by atoms with van der Waals surface area (Å²) < 4.78 is 25.2. The van der Waals surface area contributed by atoms with Crippen molar-refractivity contribution >= 4 is 47.6 Å². The topological polar surface area (TPSA) is 227 Å². The number of carboxylic acid groups (broad SMARTS) is 2. The predicted molar refractivity (Wildman–Crippen MR) is 268 cm³/mol. The second kappa shape index (κ2) is 25.6. The standard InChI is InChI=1S/C52H54Cl2N6O10/c1-31-37(29-69-49-15-47(67-27-35-11-33(17-55-3)19-57-21-35)39(13-43(49)53)23-59-45(25-61)51(63)64)7-5-9-41(31)42-10-6-8-38(32(42)2)30-70-50-16-48(68-28-36-12-34(18-56-4)20-58-22-36)40(14-44(50)54)24-60-46(26-62)52(65)66/h5-22,45-46,59-62H,23-30H2,1-4H3,(H,63,64)(H,65,66)/t45-,46+. The maximum Gasteiger partial charge on any atom is 0.323 e. The molecule has 0 bridgehead atoms. The second-order valence-electron chi connectivity index (χ2n) is 16.1. The van der Waals surface area contributed by atoms with Gasteiger partial charge >= 0.3 is 11.9 Å². The van der Waals surface area contributed by atoms with Crippen LogP contribution >= 0.6 is 23.2 Å². The number of pyridine rings is 2. The van der Waals surface area contributed by atoms with E-state index < -0.39 is 37.2 Å². The molecule has 2 aromatic heterocycles. The van der Waals surface area contributed by atoms with Gasteiger partial charge in [0.15, 0.2) is 0 Å². The highest BCUT2D eigenvalue weighted by Crippen LogP contribution is 2.37. The summed E-state index contributed by atoms with van der Waals surface area (Å²) in [4.78, 5) is 39.9. The summed E-state index contributed by atoms with van der Waals surface area (Å²) in [5, 5.41) is 44.4. The first-order chi connectivity index (χ1) is 33.8. The lowest BCUT2D eigenvalue weighted by Gasteiger charge is -2.19. The number of carbonyl (C=O) groups is 2. The number of halogens is 2. The SMILES string of the molecule is CN=Cc1cncc(COc2cc(OCc3cccc(-c4cccc(COc5cc(OCc6cncc(C=NC)c6)c(CN[C@H](CO)C(=O)O)cc5Cl)c4C)c3C)c(Cl)cc2CN[C@@H](CO)C(=O)O)c1. The third-order valence-corrected chi connectivity index (χ3v) is 11.8. The molecular weight excluding hydrogens is 940 g/mol. The second-order valence-corrected chi connectivity index (χ2v) is 16.9. The van der Waals surface area contributed by atoms with Gasteiger partial charge in [-0.15, -0.1) is 0 Å². The van der Waals surface area contributed by atoms with Crippen molar-refractivity contribution in [2.45, 2.75) is 65.4 Å². The minimum atomic E-state index is -1.20. The van der Waals surface area contributed by atoms with E-state index in [9.17, 15) is 30.0 Å². The lowest BCUT2D eigenvalue weighted by molar-refractivity contribution is -0.141. The summed E-state index contributed by atoms with van der Waals surface area (Å²) in [7, 11) is 3.34. The molecule has 16 nitrogen and oxygen atoms in total. The number of aromatic nitrogens is 2. The van der Waals surface area contributed by atoms with Gasteiger partial charge in [0.25, 0.3) is 0 Å². The minimum absolute atomic E-state index is 0.0385. The number of aliphatic hydroxyl groups excluding tert-OH is 2. The van der Waals surface area contributed by atoms with Crippen LogP contribution in [0.25, 0.3) is 11.1 Å². The van der Waals surface area contributed by atoms with Crippen LogP contribution in [0, 0.1) is 13.8 Å². The number of ether oxygens (including phenoxy) is 4. The van der Waals surface area contributed by atoms with Crippen molar-refractivity contribution in [3.05, 3.63) is 163 Å². The Balaban J connectivity index is 1.21. The molecule has 0 unspecified atom stereocenters. The molecule has 0 saturated carbocycles. The highest BCUT2D eigenvalue weighted by molar-refractivity contribution is 6.32. The zero-order chi connectivity index (χ0) is 50.2. The van der Waals surface area contributed by atoms with Crippen LogP contribution in [0.15, 0.2) is 108 Å². The number of carboxylic acids is 2. The van der Waals surface area contributed by atoms with Gasteiger partial charge < -0.3 is 39.4 Å². The molecule has 366 valence electrons. The quantitative estimate of drug-likeness (QED) is 0.0305. The Morgan fingerprint density at radius 1 is 0.586 bits per heavy atom. The molecule has 6 rings (SSSR count). The summed E-state index contributed by atoms with van der Waals surface area (Å²) in [5.41, 5.74) is 10.0. The summed E-state index contributed by atoms with van der Waals surface area (Å²) in [6.45, 7) is 3.50. The Kier molecular flexibility index (Phi) is 19.2. The van der Waals surface area contributed by atoms with Crippen LogP contribution in [-0.4, -0.2) is 94.2 Å². The number of hydrogen-bond acceptors (Lipinski definition) is 14. The fraction of sp³-hybridized carbons (Fsp3) is 0.269. The molecule has 6 N–H and O–H groups in total. The normalized spacial score (nSPS) is 12.3. The number of aliphatic hydroxyl groups is 2. The van der Waals surface area contributed by atoms with E-state index in [1.165, 1.54) is 0 Å². The van der Waals surface area contributed by atoms with E-state index in [1.807, 2.05) is 62.4 Å². The van der Waals surface area contributed by atoms with E-state index in [0.29, 0.717) is 34.1 Å². The van der Waals surface area contributed by atoms with Crippen LogP contribution in [0.4, 0.5) is 0 Å². The van der Waals surface area contributed by atoms with Crippen LogP contribution in [0.3, 0.4) is 0 Å². The van der Waals surface area contributed by atoms with E-state index in [4.69, 9.17) is 42.1 Å². The van der Waals surface area contributed by atoms with Gasteiger partial charge in [-0.1, -0.05) is 59.6 Å². The molecule has 0 radical (unpaired) electrons. The number of aliphatic carboxylic acids is 2. The van der Waals surface area contributed by atoms with Crippen molar-refractivity contribution in [1.29, 1.82) is 0 Å². The van der Waals surface area contributed by atoms with Crippen LogP contribution in [0.2, 0.25) is 10.0 Å². The van der Waals surface area contributed by atoms with Gasteiger partial charge in [0, 0.05) is 110 Å². The highest BCUT2D eigenvalue weighted by atomic mass is 35.5. The van der Waals surface area contributed by atoms with Gasteiger partial charge in [-0.25, -0.2) is 0 Å². The molecule has 2 heterocycles. The van der Waals surface area contributed by atoms with Crippen molar-refractivity contribution in [3.8, 4) is 34.1 Å². The summed E-state index contributed by atoms with van der Waals surface area (Å²) in [5.74, 6) is -0.901. The molecule has 18 heteroatoms. The molecule has 0 fully saturated rings. The third kappa shape index (κ3) is 14.1. The number of benzene rings is 4. The van der Waals surface area contributed by atoms with E-state index in [0.717, 1.165) is 55.6 Å². The Labute approximate surface area is 415 Å². The van der Waals surface area contributed by atoms with Crippen molar-refractivity contribution < 1.29 is 49.0 Å². The Morgan fingerprint density at radius 2 is 0.986 bits per heavy atom. The van der Waals surface area contributed by atoms with E-state index in [2.05, 4.69) is 30.6 Å². The highest BCUT2D eigenvalue weighted by Gasteiger charge is 2.21. The van der Waals surface area contributed by atoms with Crippen LogP contribution in [-0.2, 0) is 49.1 Å². The average molecular weight is 994 g/mol. The van der Waals surface area contributed by atoms with Gasteiger partial charge in [0.05, 0.1) is 23.3 Å². The Hall–Kier alpha value is -6.92. The van der Waals surface area contributed by atoms with Crippen LogP contribution in [0.5, 0.6) is 23.0 Å². The van der Waals surface area contributed by atoms with Gasteiger partial charge in [-0.3, -0.25) is 40.2 Å². The first-order valence-electron chi connectivity index (χ1n) is 22.0. The molecule has 70 heavy (non-hydrogen) atoms. The van der Waals surface area contributed by atoms with Crippen molar-refractivity contribution in [2.24, 2.45) is 9.98 Å². The van der Waals surface area contributed by atoms with E-state index in [1.54, 1.807) is 75.6 Å². The predicted octanol–water partition coefficient (Wildman–Crippen LogP) is 7.55. The van der Waals surface area contributed by atoms with E-state index in [-0.39, 0.29) is 49.6 Å². The number of aliphatic imine (C=N–C) groups is 2. The third-order valence-electron chi connectivity index (χ3n) is 11.2. The van der Waals surface area contributed by atoms with Gasteiger partial charge in [-0.05, 0) is 71.5 Å². The molecule has 0 amide bonds. The average Bonchev–Trinajstić information content (AvgIpc) is 3.34. The van der Waals surface area contributed by atoms with Crippen molar-refractivity contribution in [3.63, 3.8) is 0 Å². The molecule has 0 aliphatic rings. The largest absolute Gasteiger partial charge is 0.488 e. The molecular formula is C52H54Cl2N6O10. The molecule has 4 aromatic carbocycles. The summed E-state index contributed by atoms with van der Waals surface area (Å²) >= 11 is 13.6. The number of rotatable bonds is 25. The first kappa shape index (κ1) is 52.5. The molecule has 0 aliphatic carbocycles. The first-order valence-corrected chi connectivity index (χ1v) is 22.8. The maximum atomic E-state index is 11.6. The Morgan fingerprint density at radius 3 is 1.36 bits per heavy atom. The van der Waals surface area contributed by atoms with Crippen LogP contribution < -0.4 is 29.6 Å². The molecule has 6 aromatic rings. The van der Waals surface area contributed by atoms with Gasteiger partial charge in [0.2, 0.25) is 0 Å². The molecule has 0 saturated heterocycles. The van der Waals surface area contributed by atoms with Crippen molar-refractivity contribution in [2.75, 3.05) is 27.3 Å². The summed E-state index contributed by atoms with van der Waals surface area (Å²) in [6.07, 6.45) is 10.1. The number of nitrogens with one attached hydrogen (secondary N) is 2. The van der Waals surface area contributed by atoms with E-state index >= 15 is 0 Å². The lowest BCUT2D eigenvalue weighted by atomic mass is 9.92. The lowest BCUT2D eigenvalue weighted by Crippen LogP contribution is -2.39. The van der Waals surface area contributed by atoms with Crippen molar-refractivity contribution in [1.82, 2.24) is 20.6 Å².